The number of anilines is 1. The predicted octanol–water partition coefficient (Wildman–Crippen LogP) is 1.47. The summed E-state index contributed by atoms with van der Waals surface area (Å²) in [5.41, 5.74) is 1.66. The number of carbonyl (C=O) groups excluding carboxylic acids is 1. The van der Waals surface area contributed by atoms with E-state index in [1.54, 1.807) is 6.20 Å². The number of hydrogen-bond donors (Lipinski definition) is 2. The normalized spacial score (nSPS) is 20.4. The summed E-state index contributed by atoms with van der Waals surface area (Å²) < 4.78 is 0. The van der Waals surface area contributed by atoms with Crippen molar-refractivity contribution in [2.75, 3.05) is 11.9 Å². The van der Waals surface area contributed by atoms with E-state index in [0.717, 1.165) is 37.2 Å². The summed E-state index contributed by atoms with van der Waals surface area (Å²) in [4.78, 5) is 16.1. The van der Waals surface area contributed by atoms with E-state index in [9.17, 15) is 4.79 Å². The molecule has 2 heterocycles. The summed E-state index contributed by atoms with van der Waals surface area (Å²) in [5, 5.41) is 6.14. The topological polar surface area (TPSA) is 54.0 Å². The average Bonchev–Trinajstić information content (AvgIpc) is 2.33. The largest absolute Gasteiger partial charge is 0.323 e. The van der Waals surface area contributed by atoms with E-state index in [0.29, 0.717) is 0 Å². The van der Waals surface area contributed by atoms with E-state index < -0.39 is 0 Å². The van der Waals surface area contributed by atoms with Crippen LogP contribution in [0.4, 0.5) is 5.69 Å². The monoisotopic (exact) mass is 219 g/mol. The van der Waals surface area contributed by atoms with Gasteiger partial charge in [-0.1, -0.05) is 6.42 Å². The molecule has 0 aliphatic carbocycles. The molecule has 1 aliphatic rings. The number of rotatable bonds is 2. The molecule has 86 valence electrons. The molecule has 4 heteroatoms. The second-order valence-electron chi connectivity index (χ2n) is 4.13. The van der Waals surface area contributed by atoms with Gasteiger partial charge in [0.2, 0.25) is 5.91 Å². The highest BCUT2D eigenvalue weighted by Crippen LogP contribution is 2.13. The van der Waals surface area contributed by atoms with Crippen LogP contribution in [0.15, 0.2) is 18.3 Å². The molecule has 2 rings (SSSR count). The molecule has 16 heavy (non-hydrogen) atoms. The molecule has 1 aromatic rings. The number of carbonyl (C=O) groups is 1. The van der Waals surface area contributed by atoms with Crippen LogP contribution in [0, 0.1) is 6.92 Å². The number of pyridine rings is 1. The number of nitrogens with zero attached hydrogens (tertiary/aromatic N) is 1. The molecule has 1 fully saturated rings. The van der Waals surface area contributed by atoms with Crippen molar-refractivity contribution in [1.82, 2.24) is 10.3 Å². The van der Waals surface area contributed by atoms with Crippen molar-refractivity contribution in [3.8, 4) is 0 Å². The van der Waals surface area contributed by atoms with Gasteiger partial charge < -0.3 is 10.6 Å². The third kappa shape index (κ3) is 2.58. The summed E-state index contributed by atoms with van der Waals surface area (Å²) in [6.07, 6.45) is 4.93. The molecule has 2 N–H and O–H groups in total. The minimum atomic E-state index is -0.0478. The molecule has 1 saturated heterocycles. The molecule has 0 bridgehead atoms. The lowest BCUT2D eigenvalue weighted by atomic mass is 10.0. The minimum Gasteiger partial charge on any atom is -0.323 e. The van der Waals surface area contributed by atoms with Gasteiger partial charge in [-0.25, -0.2) is 0 Å². The van der Waals surface area contributed by atoms with Crippen molar-refractivity contribution in [2.24, 2.45) is 0 Å². The van der Waals surface area contributed by atoms with Crippen molar-refractivity contribution >= 4 is 11.6 Å². The minimum absolute atomic E-state index is 0.0478. The van der Waals surface area contributed by atoms with Crippen LogP contribution in [0.2, 0.25) is 0 Å². The van der Waals surface area contributed by atoms with Crippen LogP contribution >= 0.6 is 0 Å². The highest BCUT2D eigenvalue weighted by molar-refractivity contribution is 5.95. The van der Waals surface area contributed by atoms with Gasteiger partial charge in [-0.15, -0.1) is 0 Å². The fourth-order valence-electron chi connectivity index (χ4n) is 1.91. The van der Waals surface area contributed by atoms with Gasteiger partial charge in [-0.05, 0) is 38.4 Å². The summed E-state index contributed by atoms with van der Waals surface area (Å²) >= 11 is 0. The third-order valence-electron chi connectivity index (χ3n) is 2.89. The molecule has 0 saturated carbocycles. The summed E-state index contributed by atoms with van der Waals surface area (Å²) in [7, 11) is 0. The Hall–Kier alpha value is -1.42. The molecule has 1 amide bonds. The maximum absolute atomic E-state index is 11.9. The van der Waals surface area contributed by atoms with Crippen LogP contribution in [0.3, 0.4) is 0 Å². The highest BCUT2D eigenvalue weighted by atomic mass is 16.2. The average molecular weight is 219 g/mol. The van der Waals surface area contributed by atoms with Gasteiger partial charge in [0, 0.05) is 6.20 Å². The SMILES string of the molecule is Cc1ncccc1NC(=O)[C@H]1CCCCN1. The predicted molar refractivity (Wildman–Crippen MR) is 63.2 cm³/mol. The third-order valence-corrected chi connectivity index (χ3v) is 2.89. The lowest BCUT2D eigenvalue weighted by molar-refractivity contribution is -0.118. The van der Waals surface area contributed by atoms with Crippen molar-refractivity contribution in [3.63, 3.8) is 0 Å². The number of aromatic nitrogens is 1. The maximum atomic E-state index is 11.9. The molecule has 0 radical (unpaired) electrons. The zero-order chi connectivity index (χ0) is 11.4. The van der Waals surface area contributed by atoms with E-state index in [4.69, 9.17) is 0 Å². The number of piperidine rings is 1. The Balaban J connectivity index is 1.99. The molecule has 0 unspecified atom stereocenters. The molecule has 4 nitrogen and oxygen atoms in total. The highest BCUT2D eigenvalue weighted by Gasteiger charge is 2.20. The van der Waals surface area contributed by atoms with Gasteiger partial charge in [0.15, 0.2) is 0 Å². The lowest BCUT2D eigenvalue weighted by Gasteiger charge is -2.22. The van der Waals surface area contributed by atoms with Crippen LogP contribution in [0.5, 0.6) is 0 Å². The van der Waals surface area contributed by atoms with Gasteiger partial charge in [-0.3, -0.25) is 9.78 Å². The Labute approximate surface area is 95.5 Å². The Morgan fingerprint density at radius 3 is 3.12 bits per heavy atom. The van der Waals surface area contributed by atoms with Gasteiger partial charge in [-0.2, -0.15) is 0 Å². The van der Waals surface area contributed by atoms with Gasteiger partial charge >= 0.3 is 0 Å². The fourth-order valence-corrected chi connectivity index (χ4v) is 1.91. The van der Waals surface area contributed by atoms with Crippen LogP contribution in [-0.2, 0) is 4.79 Å². The number of hydrogen-bond acceptors (Lipinski definition) is 3. The van der Waals surface area contributed by atoms with E-state index >= 15 is 0 Å². The summed E-state index contributed by atoms with van der Waals surface area (Å²) in [5.74, 6) is 0.0517. The van der Waals surface area contributed by atoms with Gasteiger partial charge in [0.25, 0.3) is 0 Å². The van der Waals surface area contributed by atoms with E-state index in [-0.39, 0.29) is 11.9 Å². The Kier molecular flexibility index (Phi) is 3.51. The number of nitrogens with one attached hydrogen (secondary N) is 2. The first-order valence-electron chi connectivity index (χ1n) is 5.73. The van der Waals surface area contributed by atoms with Crippen LogP contribution in [0.25, 0.3) is 0 Å². The van der Waals surface area contributed by atoms with Crippen molar-refractivity contribution in [3.05, 3.63) is 24.0 Å². The molecular formula is C12H17N3O. The summed E-state index contributed by atoms with van der Waals surface area (Å²) in [6.45, 7) is 2.83. The first-order chi connectivity index (χ1) is 7.77. The van der Waals surface area contributed by atoms with Crippen molar-refractivity contribution in [2.45, 2.75) is 32.2 Å². The smallest absolute Gasteiger partial charge is 0.241 e. The number of aryl methyl sites for hydroxylation is 1. The second-order valence-corrected chi connectivity index (χ2v) is 4.13. The maximum Gasteiger partial charge on any atom is 0.241 e. The number of amides is 1. The summed E-state index contributed by atoms with van der Waals surface area (Å²) in [6, 6.07) is 3.66. The Morgan fingerprint density at radius 1 is 1.56 bits per heavy atom. The van der Waals surface area contributed by atoms with Crippen LogP contribution in [-0.4, -0.2) is 23.5 Å². The van der Waals surface area contributed by atoms with E-state index in [1.165, 1.54) is 0 Å². The lowest BCUT2D eigenvalue weighted by Crippen LogP contribution is -2.43. The van der Waals surface area contributed by atoms with Crippen LogP contribution < -0.4 is 10.6 Å². The standard InChI is InChI=1S/C12H17N3O/c1-9-10(6-4-8-13-9)15-12(16)11-5-2-3-7-14-11/h4,6,8,11,14H,2-3,5,7H2,1H3,(H,15,16)/t11-/m1/s1. The first-order valence-corrected chi connectivity index (χ1v) is 5.73. The van der Waals surface area contributed by atoms with E-state index in [1.807, 2.05) is 19.1 Å². The molecule has 0 spiro atoms. The van der Waals surface area contributed by atoms with Crippen molar-refractivity contribution < 1.29 is 4.79 Å². The fraction of sp³-hybridized carbons (Fsp3) is 0.500. The zero-order valence-electron chi connectivity index (χ0n) is 9.49. The Bertz CT molecular complexity index is 372. The van der Waals surface area contributed by atoms with Crippen molar-refractivity contribution in [1.29, 1.82) is 0 Å². The molecule has 1 atom stereocenters. The quantitative estimate of drug-likeness (QED) is 0.792. The Morgan fingerprint density at radius 2 is 2.44 bits per heavy atom. The molecule has 1 aromatic heterocycles. The molecule has 1 aliphatic heterocycles. The van der Waals surface area contributed by atoms with Gasteiger partial charge in [0.05, 0.1) is 17.4 Å². The van der Waals surface area contributed by atoms with Gasteiger partial charge in [0.1, 0.15) is 0 Å². The zero-order valence-corrected chi connectivity index (χ0v) is 9.49. The first kappa shape index (κ1) is 11.1. The van der Waals surface area contributed by atoms with Crippen LogP contribution in [0.1, 0.15) is 25.0 Å². The molecular weight excluding hydrogens is 202 g/mol. The second kappa shape index (κ2) is 5.07. The van der Waals surface area contributed by atoms with E-state index in [2.05, 4.69) is 15.6 Å². The molecule has 0 aromatic carbocycles.